The van der Waals surface area contributed by atoms with Gasteiger partial charge < -0.3 is 0 Å². The first-order valence-electron chi connectivity index (χ1n) is 5.41. The molecule has 2 aromatic heterocycles. The summed E-state index contributed by atoms with van der Waals surface area (Å²) in [5, 5.41) is 0. The lowest BCUT2D eigenvalue weighted by Crippen LogP contribution is -1.89. The van der Waals surface area contributed by atoms with Crippen molar-refractivity contribution in [3.63, 3.8) is 0 Å². The molecule has 3 heteroatoms. The molecule has 0 bridgehead atoms. The van der Waals surface area contributed by atoms with Gasteiger partial charge in [-0.15, -0.1) is 0 Å². The molecule has 1 saturated carbocycles. The molecule has 0 saturated heterocycles. The first-order valence-corrected chi connectivity index (χ1v) is 5.41. The molecule has 80 valence electrons. The molecule has 1 aliphatic rings. The van der Waals surface area contributed by atoms with Crippen LogP contribution in [0.4, 0.5) is 4.39 Å². The van der Waals surface area contributed by atoms with E-state index in [-0.39, 0.29) is 5.82 Å². The molecule has 0 radical (unpaired) electrons. The second kappa shape index (κ2) is 3.67. The summed E-state index contributed by atoms with van der Waals surface area (Å²) in [6, 6.07) is 6.69. The molecule has 0 spiro atoms. The molecular weight excluding hydrogens is 203 g/mol. The van der Waals surface area contributed by atoms with Gasteiger partial charge in [0.05, 0.1) is 5.69 Å². The SMILES string of the molecule is Fc1ccnc(-c2ccnc(C3CC3)c2)c1. The molecule has 16 heavy (non-hydrogen) atoms. The molecule has 0 unspecified atom stereocenters. The Labute approximate surface area is 93.2 Å². The molecule has 0 amide bonds. The maximum Gasteiger partial charge on any atom is 0.126 e. The van der Waals surface area contributed by atoms with Gasteiger partial charge in [-0.05, 0) is 31.0 Å². The lowest BCUT2D eigenvalue weighted by Gasteiger charge is -2.03. The number of rotatable bonds is 2. The highest BCUT2D eigenvalue weighted by Crippen LogP contribution is 2.39. The Morgan fingerprint density at radius 1 is 1.06 bits per heavy atom. The Morgan fingerprint density at radius 2 is 1.88 bits per heavy atom. The van der Waals surface area contributed by atoms with Crippen LogP contribution in [-0.4, -0.2) is 9.97 Å². The molecule has 0 atom stereocenters. The van der Waals surface area contributed by atoms with Crippen molar-refractivity contribution in [3.05, 3.63) is 48.2 Å². The number of hydrogen-bond acceptors (Lipinski definition) is 2. The summed E-state index contributed by atoms with van der Waals surface area (Å²) in [6.07, 6.45) is 5.69. The molecule has 0 aliphatic heterocycles. The minimum Gasteiger partial charge on any atom is -0.261 e. The van der Waals surface area contributed by atoms with Crippen molar-refractivity contribution in [1.82, 2.24) is 9.97 Å². The van der Waals surface area contributed by atoms with Gasteiger partial charge in [0.1, 0.15) is 5.82 Å². The van der Waals surface area contributed by atoms with Crippen molar-refractivity contribution in [1.29, 1.82) is 0 Å². The van der Waals surface area contributed by atoms with E-state index < -0.39 is 0 Å². The zero-order valence-corrected chi connectivity index (χ0v) is 8.73. The van der Waals surface area contributed by atoms with Gasteiger partial charge in [0.15, 0.2) is 0 Å². The topological polar surface area (TPSA) is 25.8 Å². The van der Waals surface area contributed by atoms with Crippen LogP contribution in [0, 0.1) is 5.82 Å². The van der Waals surface area contributed by atoms with E-state index in [1.54, 1.807) is 6.20 Å². The number of aromatic nitrogens is 2. The van der Waals surface area contributed by atoms with E-state index in [0.717, 1.165) is 11.3 Å². The maximum atomic E-state index is 13.1. The Morgan fingerprint density at radius 3 is 2.62 bits per heavy atom. The standard InChI is InChI=1S/C13H11FN2/c14-11-4-6-16-13(8-11)10-3-5-15-12(7-10)9-1-2-9/h3-9H,1-2H2. The van der Waals surface area contributed by atoms with Gasteiger partial charge >= 0.3 is 0 Å². The Hall–Kier alpha value is -1.77. The summed E-state index contributed by atoms with van der Waals surface area (Å²) in [5.74, 6) is 0.350. The summed E-state index contributed by atoms with van der Waals surface area (Å²) < 4.78 is 13.1. The summed E-state index contributed by atoms with van der Waals surface area (Å²) in [5.41, 5.74) is 2.71. The van der Waals surface area contributed by atoms with E-state index in [1.165, 1.54) is 31.2 Å². The molecule has 0 aromatic carbocycles. The van der Waals surface area contributed by atoms with E-state index in [1.807, 2.05) is 12.1 Å². The number of nitrogens with zero attached hydrogens (tertiary/aromatic N) is 2. The van der Waals surface area contributed by atoms with E-state index in [2.05, 4.69) is 9.97 Å². The third kappa shape index (κ3) is 1.81. The summed E-state index contributed by atoms with van der Waals surface area (Å²) in [6.45, 7) is 0. The predicted molar refractivity (Wildman–Crippen MR) is 59.4 cm³/mol. The molecule has 0 N–H and O–H groups in total. The Kier molecular flexibility index (Phi) is 2.17. The zero-order chi connectivity index (χ0) is 11.0. The van der Waals surface area contributed by atoms with Crippen molar-refractivity contribution in [2.24, 2.45) is 0 Å². The van der Waals surface area contributed by atoms with Gasteiger partial charge in [-0.3, -0.25) is 9.97 Å². The highest BCUT2D eigenvalue weighted by molar-refractivity contribution is 5.59. The van der Waals surface area contributed by atoms with Gasteiger partial charge in [0.25, 0.3) is 0 Å². The molecule has 2 nitrogen and oxygen atoms in total. The first-order chi connectivity index (χ1) is 7.83. The van der Waals surface area contributed by atoms with Crippen LogP contribution in [0.15, 0.2) is 36.7 Å². The summed E-state index contributed by atoms with van der Waals surface area (Å²) in [4.78, 5) is 8.49. The average Bonchev–Trinajstić information content (AvgIpc) is 3.13. The fourth-order valence-electron chi connectivity index (χ4n) is 1.77. The number of hydrogen-bond donors (Lipinski definition) is 0. The van der Waals surface area contributed by atoms with Crippen LogP contribution < -0.4 is 0 Å². The highest BCUT2D eigenvalue weighted by Gasteiger charge is 2.25. The van der Waals surface area contributed by atoms with E-state index in [0.29, 0.717) is 11.6 Å². The monoisotopic (exact) mass is 214 g/mol. The van der Waals surface area contributed by atoms with Crippen molar-refractivity contribution < 1.29 is 4.39 Å². The minimum absolute atomic E-state index is 0.255. The van der Waals surface area contributed by atoms with Crippen LogP contribution in [-0.2, 0) is 0 Å². The maximum absolute atomic E-state index is 13.1. The van der Waals surface area contributed by atoms with Crippen LogP contribution in [0.5, 0.6) is 0 Å². The predicted octanol–water partition coefficient (Wildman–Crippen LogP) is 3.16. The lowest BCUT2D eigenvalue weighted by molar-refractivity contribution is 0.626. The molecule has 2 heterocycles. The molecule has 1 fully saturated rings. The Balaban J connectivity index is 2.02. The average molecular weight is 214 g/mol. The number of halogens is 1. The van der Waals surface area contributed by atoms with Gasteiger partial charge in [-0.25, -0.2) is 4.39 Å². The van der Waals surface area contributed by atoms with Crippen molar-refractivity contribution in [2.45, 2.75) is 18.8 Å². The highest BCUT2D eigenvalue weighted by atomic mass is 19.1. The van der Waals surface area contributed by atoms with E-state index >= 15 is 0 Å². The van der Waals surface area contributed by atoms with Crippen LogP contribution in [0.25, 0.3) is 11.3 Å². The fraction of sp³-hybridized carbons (Fsp3) is 0.231. The van der Waals surface area contributed by atoms with Crippen LogP contribution in [0.1, 0.15) is 24.5 Å². The third-order valence-electron chi connectivity index (χ3n) is 2.79. The minimum atomic E-state index is -0.255. The molecule has 2 aromatic rings. The van der Waals surface area contributed by atoms with Crippen LogP contribution >= 0.6 is 0 Å². The molecular formula is C13H11FN2. The zero-order valence-electron chi connectivity index (χ0n) is 8.73. The first kappa shape index (κ1) is 9.46. The Bertz CT molecular complexity index is 521. The lowest BCUT2D eigenvalue weighted by atomic mass is 10.1. The molecule has 3 rings (SSSR count). The second-order valence-electron chi connectivity index (χ2n) is 4.10. The van der Waals surface area contributed by atoms with E-state index in [4.69, 9.17) is 0 Å². The van der Waals surface area contributed by atoms with Gasteiger partial charge in [0.2, 0.25) is 0 Å². The normalized spacial score (nSPS) is 15.1. The number of pyridine rings is 2. The smallest absolute Gasteiger partial charge is 0.126 e. The fourth-order valence-corrected chi connectivity index (χ4v) is 1.77. The van der Waals surface area contributed by atoms with Crippen LogP contribution in [0.3, 0.4) is 0 Å². The third-order valence-corrected chi connectivity index (χ3v) is 2.79. The van der Waals surface area contributed by atoms with Crippen molar-refractivity contribution in [2.75, 3.05) is 0 Å². The summed E-state index contributed by atoms with van der Waals surface area (Å²) >= 11 is 0. The van der Waals surface area contributed by atoms with Gasteiger partial charge in [-0.2, -0.15) is 0 Å². The largest absolute Gasteiger partial charge is 0.261 e. The quantitative estimate of drug-likeness (QED) is 0.767. The van der Waals surface area contributed by atoms with Crippen molar-refractivity contribution in [3.8, 4) is 11.3 Å². The van der Waals surface area contributed by atoms with Gasteiger partial charge in [-0.1, -0.05) is 0 Å². The van der Waals surface area contributed by atoms with Crippen molar-refractivity contribution >= 4 is 0 Å². The van der Waals surface area contributed by atoms with Crippen LogP contribution in [0.2, 0.25) is 0 Å². The molecule has 1 aliphatic carbocycles. The summed E-state index contributed by atoms with van der Waals surface area (Å²) in [7, 11) is 0. The van der Waals surface area contributed by atoms with Gasteiger partial charge in [0, 0.05) is 35.6 Å². The van der Waals surface area contributed by atoms with E-state index in [9.17, 15) is 4.39 Å². The second-order valence-corrected chi connectivity index (χ2v) is 4.10.